The van der Waals surface area contributed by atoms with E-state index < -0.39 is 0 Å². The highest BCUT2D eigenvalue weighted by atomic mass is 35.5. The lowest BCUT2D eigenvalue weighted by Gasteiger charge is -2.22. The van der Waals surface area contributed by atoms with Gasteiger partial charge >= 0.3 is 0 Å². The predicted octanol–water partition coefficient (Wildman–Crippen LogP) is 11.8. The number of benzene rings is 2. The molecule has 0 aliphatic rings. The first-order valence-corrected chi connectivity index (χ1v) is 20.1. The molecular formula is C38H46Cl4N4O4S4. The van der Waals surface area contributed by atoms with Gasteiger partial charge in [0.2, 0.25) is 0 Å². The zero-order valence-corrected chi connectivity index (χ0v) is 37.4. The van der Waals surface area contributed by atoms with Crippen LogP contribution in [0.15, 0.2) is 57.9 Å². The molecule has 2 atom stereocenters. The van der Waals surface area contributed by atoms with E-state index in [0.717, 1.165) is 67.1 Å². The summed E-state index contributed by atoms with van der Waals surface area (Å²) >= 11 is 6.50. The molecule has 0 unspecified atom stereocenters. The van der Waals surface area contributed by atoms with E-state index >= 15 is 0 Å². The van der Waals surface area contributed by atoms with E-state index in [0.29, 0.717) is 49.8 Å². The summed E-state index contributed by atoms with van der Waals surface area (Å²) in [5.41, 5.74) is 6.08. The molecule has 16 heteroatoms. The summed E-state index contributed by atoms with van der Waals surface area (Å²) < 4.78 is 25.0. The van der Waals surface area contributed by atoms with Crippen molar-refractivity contribution in [3.63, 3.8) is 0 Å². The van der Waals surface area contributed by atoms with Crippen LogP contribution >= 0.6 is 95.0 Å². The maximum Gasteiger partial charge on any atom is 0.162 e. The fraction of sp³-hybridized carbons (Fsp3) is 0.368. The molecule has 0 aliphatic heterocycles. The molecule has 0 aliphatic carbocycles. The molecule has 0 spiro atoms. The van der Waals surface area contributed by atoms with Crippen molar-refractivity contribution in [1.82, 2.24) is 19.9 Å². The molecule has 0 saturated heterocycles. The van der Waals surface area contributed by atoms with Gasteiger partial charge in [0.1, 0.15) is 26.4 Å². The number of hydrogen-bond acceptors (Lipinski definition) is 12. The van der Waals surface area contributed by atoms with E-state index in [4.69, 9.17) is 18.9 Å². The first-order chi connectivity index (χ1) is 24.2. The van der Waals surface area contributed by atoms with Gasteiger partial charge in [-0.3, -0.25) is 0 Å². The first-order valence-electron chi connectivity index (χ1n) is 16.6. The molecule has 4 aromatic heterocycles. The second kappa shape index (κ2) is 22.8. The number of ether oxygens (including phenoxy) is 4. The largest absolute Gasteiger partial charge is 0.483 e. The van der Waals surface area contributed by atoms with Crippen molar-refractivity contribution in [3.05, 3.63) is 112 Å². The van der Waals surface area contributed by atoms with Crippen molar-refractivity contribution >= 4 is 95.0 Å². The maximum absolute atomic E-state index is 6.31. The van der Waals surface area contributed by atoms with Crippen LogP contribution in [0.2, 0.25) is 0 Å². The van der Waals surface area contributed by atoms with E-state index in [9.17, 15) is 0 Å². The lowest BCUT2D eigenvalue weighted by Crippen LogP contribution is -2.14. The van der Waals surface area contributed by atoms with Crippen LogP contribution in [-0.4, -0.2) is 19.9 Å². The van der Waals surface area contributed by atoms with E-state index in [1.54, 1.807) is 45.3 Å². The fourth-order valence-corrected chi connectivity index (χ4v) is 7.86. The second-order valence-corrected chi connectivity index (χ2v) is 16.8. The Morgan fingerprint density at radius 2 is 0.722 bits per heavy atom. The van der Waals surface area contributed by atoms with Gasteiger partial charge in [-0.15, -0.1) is 95.0 Å². The molecule has 0 fully saturated rings. The lowest BCUT2D eigenvalue weighted by atomic mass is 9.85. The third-order valence-electron chi connectivity index (χ3n) is 8.27. The van der Waals surface area contributed by atoms with Crippen LogP contribution < -0.4 is 18.9 Å². The topological polar surface area (TPSA) is 88.5 Å². The standard InChI is InChI=1S/C38H42N4O4S4.4ClH/c1-23(11-29-7-9-35(43-15-31-19-47-25(3)39-31)37(13-29)45-17-33-21-49-27(5)41-33)24(2)12-30-8-10-36(44-16-32-20-48-26(4)40-32)38(14-30)46-18-34-22-50-28(6)42-34;;;;/h7-10,13-14,19-24H,11-12,15-18H2,1-6H3;4*1H/t23-,24+;;;;. The Kier molecular flexibility index (Phi) is 20.0. The molecule has 6 aromatic rings. The summed E-state index contributed by atoms with van der Waals surface area (Å²) in [4.78, 5) is 18.2. The molecule has 0 amide bonds. The Morgan fingerprint density at radius 3 is 0.981 bits per heavy atom. The summed E-state index contributed by atoms with van der Waals surface area (Å²) in [6, 6.07) is 12.6. The van der Waals surface area contributed by atoms with Crippen LogP contribution in [0.25, 0.3) is 0 Å². The van der Waals surface area contributed by atoms with E-state index in [2.05, 4.69) is 58.0 Å². The van der Waals surface area contributed by atoms with E-state index in [1.807, 2.05) is 61.3 Å². The van der Waals surface area contributed by atoms with Gasteiger partial charge in [0, 0.05) is 21.5 Å². The SMILES string of the molecule is Cc1nc(COc2ccc(C[C@@H](C)[C@@H](C)Cc3ccc(OCc4csc(C)n4)c(OCc4csc(C)n4)c3)cc2OCc2csc(C)n2)cs1.Cl.Cl.Cl.Cl. The number of halogens is 4. The molecule has 0 bridgehead atoms. The Morgan fingerprint density at radius 1 is 0.444 bits per heavy atom. The number of rotatable bonds is 17. The molecular weight excluding hydrogens is 847 g/mol. The van der Waals surface area contributed by atoms with Gasteiger partial charge in [-0.1, -0.05) is 26.0 Å². The number of thiazole rings is 4. The van der Waals surface area contributed by atoms with Crippen LogP contribution in [0.4, 0.5) is 0 Å². The highest BCUT2D eigenvalue weighted by molar-refractivity contribution is 7.10. The lowest BCUT2D eigenvalue weighted by molar-refractivity contribution is 0.251. The Bertz CT molecular complexity index is 1880. The van der Waals surface area contributed by atoms with Crippen molar-refractivity contribution in [2.75, 3.05) is 0 Å². The van der Waals surface area contributed by atoms with Crippen molar-refractivity contribution in [2.24, 2.45) is 11.8 Å². The summed E-state index contributed by atoms with van der Waals surface area (Å²) in [5, 5.41) is 12.2. The minimum atomic E-state index is 0. The van der Waals surface area contributed by atoms with Crippen molar-refractivity contribution in [3.8, 4) is 23.0 Å². The molecule has 0 saturated carbocycles. The van der Waals surface area contributed by atoms with Crippen molar-refractivity contribution in [2.45, 2.75) is 80.8 Å². The van der Waals surface area contributed by atoms with Gasteiger partial charge in [-0.25, -0.2) is 19.9 Å². The fourth-order valence-electron chi connectivity index (χ4n) is 5.47. The smallest absolute Gasteiger partial charge is 0.162 e. The Hall–Kier alpha value is -2.68. The zero-order chi connectivity index (χ0) is 35.0. The first kappa shape index (κ1) is 47.5. The van der Waals surface area contributed by atoms with Crippen LogP contribution in [0.5, 0.6) is 23.0 Å². The highest BCUT2D eigenvalue weighted by Crippen LogP contribution is 2.34. The van der Waals surface area contributed by atoms with Gasteiger partial charge in [0.25, 0.3) is 0 Å². The van der Waals surface area contributed by atoms with E-state index in [1.165, 1.54) is 11.1 Å². The predicted molar refractivity (Wildman–Crippen MR) is 232 cm³/mol. The molecule has 4 heterocycles. The molecule has 0 N–H and O–H groups in total. The quantitative estimate of drug-likeness (QED) is 0.0895. The third-order valence-corrected chi connectivity index (χ3v) is 11.6. The second-order valence-electron chi connectivity index (χ2n) is 12.5. The number of hydrogen-bond donors (Lipinski definition) is 0. The number of aromatic nitrogens is 4. The summed E-state index contributed by atoms with van der Waals surface area (Å²) in [6.45, 7) is 14.2. The molecule has 294 valence electrons. The van der Waals surface area contributed by atoms with Crippen molar-refractivity contribution < 1.29 is 18.9 Å². The zero-order valence-electron chi connectivity index (χ0n) is 30.9. The van der Waals surface area contributed by atoms with Gasteiger partial charge < -0.3 is 18.9 Å². The van der Waals surface area contributed by atoms with Gasteiger partial charge in [-0.05, 0) is 87.8 Å². The van der Waals surface area contributed by atoms with Crippen LogP contribution in [0.1, 0.15) is 67.8 Å². The average molecular weight is 893 g/mol. The van der Waals surface area contributed by atoms with Gasteiger partial charge in [0.15, 0.2) is 23.0 Å². The third kappa shape index (κ3) is 13.8. The van der Waals surface area contributed by atoms with Crippen LogP contribution in [0.3, 0.4) is 0 Å². The summed E-state index contributed by atoms with van der Waals surface area (Å²) in [7, 11) is 0. The highest BCUT2D eigenvalue weighted by Gasteiger charge is 2.18. The van der Waals surface area contributed by atoms with E-state index in [-0.39, 0.29) is 49.6 Å². The minimum Gasteiger partial charge on any atom is -0.483 e. The summed E-state index contributed by atoms with van der Waals surface area (Å²) in [5.74, 6) is 3.67. The van der Waals surface area contributed by atoms with Gasteiger partial charge in [0.05, 0.1) is 42.8 Å². The summed E-state index contributed by atoms with van der Waals surface area (Å²) in [6.07, 6.45) is 1.80. The normalized spacial score (nSPS) is 11.6. The molecule has 8 nitrogen and oxygen atoms in total. The Balaban J connectivity index is 0.00000252. The molecule has 6 rings (SSSR count). The van der Waals surface area contributed by atoms with Gasteiger partial charge in [-0.2, -0.15) is 0 Å². The minimum absolute atomic E-state index is 0. The van der Waals surface area contributed by atoms with Crippen LogP contribution in [-0.2, 0) is 39.3 Å². The van der Waals surface area contributed by atoms with Crippen molar-refractivity contribution in [1.29, 1.82) is 0 Å². The monoisotopic (exact) mass is 890 g/mol. The molecule has 2 aromatic carbocycles. The molecule has 54 heavy (non-hydrogen) atoms. The maximum atomic E-state index is 6.31. The molecule has 0 radical (unpaired) electrons. The number of aryl methyl sites for hydroxylation is 4. The van der Waals surface area contributed by atoms with Crippen LogP contribution in [0, 0.1) is 39.5 Å². The Labute approximate surface area is 358 Å². The number of nitrogens with zero attached hydrogens (tertiary/aromatic N) is 4. The average Bonchev–Trinajstić information content (AvgIpc) is 3.91.